The number of fused-ring (bicyclic) bond motifs is 1. The van der Waals surface area contributed by atoms with Crippen LogP contribution in [-0.2, 0) is 6.54 Å². The van der Waals surface area contributed by atoms with E-state index in [0.29, 0.717) is 11.4 Å². The summed E-state index contributed by atoms with van der Waals surface area (Å²) in [6.07, 6.45) is 5.40. The fourth-order valence-electron chi connectivity index (χ4n) is 2.96. The highest BCUT2D eigenvalue weighted by Crippen LogP contribution is 2.26. The van der Waals surface area contributed by atoms with Crippen molar-refractivity contribution in [2.24, 2.45) is 5.10 Å². The number of furan rings is 1. The lowest BCUT2D eigenvalue weighted by Gasteiger charge is -2.11. The highest BCUT2D eigenvalue weighted by atomic mass is 16.6. The fourth-order valence-corrected chi connectivity index (χ4v) is 2.96. The lowest BCUT2D eigenvalue weighted by atomic mass is 10.2. The van der Waals surface area contributed by atoms with Gasteiger partial charge in [0.1, 0.15) is 29.1 Å². The van der Waals surface area contributed by atoms with Gasteiger partial charge in [0, 0.05) is 6.20 Å². The minimum absolute atomic E-state index is 0.122. The van der Waals surface area contributed by atoms with Crippen molar-refractivity contribution in [1.82, 2.24) is 19.4 Å². The van der Waals surface area contributed by atoms with Crippen LogP contribution in [0.5, 0.6) is 0 Å². The van der Waals surface area contributed by atoms with E-state index in [9.17, 15) is 14.9 Å². The second-order valence-electron chi connectivity index (χ2n) is 6.58. The van der Waals surface area contributed by atoms with E-state index in [2.05, 4.69) is 30.8 Å². The van der Waals surface area contributed by atoms with Gasteiger partial charge in [-0.25, -0.2) is 15.0 Å². The number of nitrogens with zero attached hydrogens (tertiary/aromatic N) is 6. The monoisotopic (exact) mass is 435 g/mol. The van der Waals surface area contributed by atoms with Gasteiger partial charge in [0.2, 0.25) is 11.6 Å². The van der Waals surface area contributed by atoms with Crippen LogP contribution in [0.25, 0.3) is 5.65 Å². The third-order valence-corrected chi connectivity index (χ3v) is 4.49. The molecule has 0 unspecified atom stereocenters. The third kappa shape index (κ3) is 3.94. The average Bonchev–Trinajstić information content (AvgIpc) is 3.28. The van der Waals surface area contributed by atoms with Gasteiger partial charge < -0.3 is 15.5 Å². The topological polar surface area (TPSA) is 179 Å². The molecule has 0 aliphatic rings. The molecule has 13 nitrogen and oxygen atoms in total. The fraction of sp³-hybridized carbons (Fsp3) is 0.105. The standard InChI is InChI=1S/C19H17N9O4/c1-11-4-2-6-27-18(11)25-16(21-8-12-5-3-7-32-12)13(19(27)29)9-24-26-17-14(28(30)31)15(20)22-10-23-17/h2-7,9-10,21H,8H2,1H3,(H3,20,22,23,26)/b24-9-. The number of nitro groups is 1. The van der Waals surface area contributed by atoms with Crippen molar-refractivity contribution in [2.75, 3.05) is 16.5 Å². The van der Waals surface area contributed by atoms with Gasteiger partial charge in [-0.1, -0.05) is 6.07 Å². The number of pyridine rings is 1. The molecule has 0 aromatic carbocycles. The zero-order valence-corrected chi connectivity index (χ0v) is 16.7. The molecule has 162 valence electrons. The first kappa shape index (κ1) is 20.5. The zero-order valence-electron chi connectivity index (χ0n) is 16.7. The summed E-state index contributed by atoms with van der Waals surface area (Å²) >= 11 is 0. The number of nitrogen functional groups attached to an aromatic ring is 1. The summed E-state index contributed by atoms with van der Waals surface area (Å²) in [7, 11) is 0. The molecular formula is C19H17N9O4. The molecule has 0 amide bonds. The summed E-state index contributed by atoms with van der Waals surface area (Å²) < 4.78 is 6.70. The van der Waals surface area contributed by atoms with Gasteiger partial charge in [0.05, 0.1) is 23.9 Å². The number of nitrogens with two attached hydrogens (primary N) is 1. The second-order valence-corrected chi connectivity index (χ2v) is 6.58. The summed E-state index contributed by atoms with van der Waals surface area (Å²) in [5.74, 6) is 0.382. The van der Waals surface area contributed by atoms with Crippen LogP contribution in [0.3, 0.4) is 0 Å². The third-order valence-electron chi connectivity index (χ3n) is 4.49. The Kier molecular flexibility index (Phi) is 5.44. The molecule has 4 N–H and O–H groups in total. The number of nitrogens with one attached hydrogen (secondary N) is 2. The van der Waals surface area contributed by atoms with Crippen LogP contribution in [0.2, 0.25) is 0 Å². The normalized spacial score (nSPS) is 11.2. The molecule has 32 heavy (non-hydrogen) atoms. The van der Waals surface area contributed by atoms with Crippen molar-refractivity contribution in [3.8, 4) is 0 Å². The Hall–Kier alpha value is -4.81. The average molecular weight is 435 g/mol. The van der Waals surface area contributed by atoms with Crippen molar-refractivity contribution in [1.29, 1.82) is 0 Å². The smallest absolute Gasteiger partial charge is 0.354 e. The maximum absolute atomic E-state index is 13.1. The van der Waals surface area contributed by atoms with Crippen LogP contribution >= 0.6 is 0 Å². The van der Waals surface area contributed by atoms with E-state index in [0.717, 1.165) is 11.9 Å². The molecule has 0 aliphatic carbocycles. The molecule has 13 heteroatoms. The molecule has 0 spiro atoms. The van der Waals surface area contributed by atoms with E-state index in [1.54, 1.807) is 24.4 Å². The van der Waals surface area contributed by atoms with Gasteiger partial charge in [-0.3, -0.25) is 24.7 Å². The van der Waals surface area contributed by atoms with Gasteiger partial charge in [-0.2, -0.15) is 5.10 Å². The first-order valence-electron chi connectivity index (χ1n) is 9.28. The molecule has 0 atom stereocenters. The molecule has 4 aromatic rings. The van der Waals surface area contributed by atoms with Crippen molar-refractivity contribution in [2.45, 2.75) is 13.5 Å². The number of hydrogen-bond donors (Lipinski definition) is 3. The zero-order chi connectivity index (χ0) is 22.7. The lowest BCUT2D eigenvalue weighted by molar-refractivity contribution is -0.383. The van der Waals surface area contributed by atoms with Crippen LogP contribution < -0.4 is 22.0 Å². The van der Waals surface area contributed by atoms with Gasteiger partial charge in [0.15, 0.2) is 0 Å². The van der Waals surface area contributed by atoms with Crippen molar-refractivity contribution >= 4 is 35.0 Å². The molecule has 0 bridgehead atoms. The first-order chi connectivity index (χ1) is 15.5. The van der Waals surface area contributed by atoms with Crippen LogP contribution in [0, 0.1) is 17.0 Å². The van der Waals surface area contributed by atoms with E-state index in [-0.39, 0.29) is 35.1 Å². The SMILES string of the molecule is Cc1cccn2c(=O)c(/C=N\Nc3ncnc(N)c3[N+](=O)[O-])c(NCc3ccco3)nc12. The van der Waals surface area contributed by atoms with Gasteiger partial charge in [-0.05, 0) is 30.7 Å². The second kappa shape index (κ2) is 8.51. The maximum Gasteiger partial charge on any atom is 0.354 e. The molecule has 0 saturated heterocycles. The number of hydrazone groups is 1. The number of rotatable bonds is 7. The van der Waals surface area contributed by atoms with Gasteiger partial charge in [-0.15, -0.1) is 0 Å². The van der Waals surface area contributed by atoms with Crippen LogP contribution in [-0.4, -0.2) is 30.5 Å². The highest BCUT2D eigenvalue weighted by molar-refractivity contribution is 5.87. The Bertz CT molecular complexity index is 1380. The molecule has 4 aromatic heterocycles. The van der Waals surface area contributed by atoms with Gasteiger partial charge in [0.25, 0.3) is 5.56 Å². The molecule has 0 aliphatic heterocycles. The molecule has 4 rings (SSSR count). The Balaban J connectivity index is 1.73. The first-order valence-corrected chi connectivity index (χ1v) is 9.28. The van der Waals surface area contributed by atoms with E-state index in [1.165, 1.54) is 16.9 Å². The maximum atomic E-state index is 13.1. The minimum Gasteiger partial charge on any atom is -0.467 e. The van der Waals surface area contributed by atoms with Crippen molar-refractivity contribution < 1.29 is 9.34 Å². The molecular weight excluding hydrogens is 418 g/mol. The number of aromatic nitrogens is 4. The van der Waals surface area contributed by atoms with Crippen molar-refractivity contribution in [3.63, 3.8) is 0 Å². The summed E-state index contributed by atoms with van der Waals surface area (Å²) in [4.78, 5) is 35.6. The van der Waals surface area contributed by atoms with Crippen LogP contribution in [0.15, 0.2) is 57.4 Å². The summed E-state index contributed by atoms with van der Waals surface area (Å²) in [6, 6.07) is 7.09. The van der Waals surface area contributed by atoms with E-state index in [4.69, 9.17) is 10.2 Å². The van der Waals surface area contributed by atoms with Crippen molar-refractivity contribution in [3.05, 3.63) is 80.4 Å². The quantitative estimate of drug-likeness (QED) is 0.220. The van der Waals surface area contributed by atoms with Crippen LogP contribution in [0.1, 0.15) is 16.9 Å². The predicted molar refractivity (Wildman–Crippen MR) is 117 cm³/mol. The Morgan fingerprint density at radius 1 is 1.31 bits per heavy atom. The van der Waals surface area contributed by atoms with E-state index in [1.807, 2.05) is 13.0 Å². The van der Waals surface area contributed by atoms with Crippen LogP contribution in [0.4, 0.5) is 23.1 Å². The molecule has 0 fully saturated rings. The largest absolute Gasteiger partial charge is 0.467 e. The Labute approximate surface area is 179 Å². The molecule has 0 radical (unpaired) electrons. The van der Waals surface area contributed by atoms with Gasteiger partial charge >= 0.3 is 5.69 Å². The summed E-state index contributed by atoms with van der Waals surface area (Å²) in [6.45, 7) is 2.12. The lowest BCUT2D eigenvalue weighted by Crippen LogP contribution is -2.23. The Morgan fingerprint density at radius 2 is 2.16 bits per heavy atom. The Morgan fingerprint density at radius 3 is 2.91 bits per heavy atom. The minimum atomic E-state index is -0.723. The van der Waals surface area contributed by atoms with E-state index < -0.39 is 10.6 Å². The summed E-state index contributed by atoms with van der Waals surface area (Å²) in [5, 5.41) is 18.3. The summed E-state index contributed by atoms with van der Waals surface area (Å²) in [5.41, 5.74) is 8.48. The molecule has 4 heterocycles. The number of aryl methyl sites for hydroxylation is 1. The predicted octanol–water partition coefficient (Wildman–Crippen LogP) is 1.93. The molecule has 0 saturated carbocycles. The highest BCUT2D eigenvalue weighted by Gasteiger charge is 2.20. The number of anilines is 3. The van der Waals surface area contributed by atoms with E-state index >= 15 is 0 Å². The number of hydrogen-bond acceptors (Lipinski definition) is 11.